The van der Waals surface area contributed by atoms with Crippen molar-refractivity contribution in [1.29, 1.82) is 0 Å². The standard InChI is InChI=1S/C23H28N2O3/c1-25(19-12-7-4-8-13-19)22(27)20(16-18-10-5-3-6-11-18)24-21(26)17-23(28-2)14-9-15-23/h3-8,10-13,20H,9,14-17H2,1-2H3,(H,24,26)/t20-/m0/s1. The number of carbonyl (C=O) groups excluding carboxylic acids is 2. The van der Waals surface area contributed by atoms with Crippen LogP contribution in [-0.2, 0) is 20.7 Å². The number of nitrogens with one attached hydrogen (secondary N) is 1. The second kappa shape index (κ2) is 9.02. The zero-order valence-corrected chi connectivity index (χ0v) is 16.6. The van der Waals surface area contributed by atoms with Crippen molar-refractivity contribution in [2.24, 2.45) is 0 Å². The van der Waals surface area contributed by atoms with Crippen molar-refractivity contribution in [1.82, 2.24) is 5.32 Å². The number of hydrogen-bond donors (Lipinski definition) is 1. The maximum Gasteiger partial charge on any atom is 0.249 e. The van der Waals surface area contributed by atoms with Gasteiger partial charge in [0.15, 0.2) is 0 Å². The monoisotopic (exact) mass is 380 g/mol. The SMILES string of the molecule is COC1(CC(=O)N[C@@H](Cc2ccccc2)C(=O)N(C)c2ccccc2)CCC1. The number of ether oxygens (including phenoxy) is 1. The summed E-state index contributed by atoms with van der Waals surface area (Å²) in [6.45, 7) is 0. The molecule has 0 unspecified atom stereocenters. The van der Waals surface area contributed by atoms with Gasteiger partial charge in [-0.3, -0.25) is 9.59 Å². The zero-order chi connectivity index (χ0) is 20.0. The van der Waals surface area contributed by atoms with Crippen LogP contribution in [0.4, 0.5) is 5.69 Å². The van der Waals surface area contributed by atoms with E-state index >= 15 is 0 Å². The van der Waals surface area contributed by atoms with Gasteiger partial charge in [-0.2, -0.15) is 0 Å². The van der Waals surface area contributed by atoms with Crippen LogP contribution in [0.2, 0.25) is 0 Å². The van der Waals surface area contributed by atoms with Crippen molar-refractivity contribution >= 4 is 17.5 Å². The molecular formula is C23H28N2O3. The minimum Gasteiger partial charge on any atom is -0.378 e. The van der Waals surface area contributed by atoms with Crippen molar-refractivity contribution in [3.8, 4) is 0 Å². The number of para-hydroxylation sites is 1. The van der Waals surface area contributed by atoms with Gasteiger partial charge in [0.25, 0.3) is 0 Å². The van der Waals surface area contributed by atoms with Gasteiger partial charge in [-0.1, -0.05) is 48.5 Å². The molecule has 2 aromatic carbocycles. The first-order valence-corrected chi connectivity index (χ1v) is 9.74. The maximum absolute atomic E-state index is 13.2. The van der Waals surface area contributed by atoms with Crippen LogP contribution >= 0.6 is 0 Å². The Balaban J connectivity index is 1.74. The van der Waals surface area contributed by atoms with Crippen LogP contribution in [0.3, 0.4) is 0 Å². The highest BCUT2D eigenvalue weighted by atomic mass is 16.5. The largest absolute Gasteiger partial charge is 0.378 e. The second-order valence-corrected chi connectivity index (χ2v) is 7.46. The average molecular weight is 380 g/mol. The quantitative estimate of drug-likeness (QED) is 0.764. The molecule has 5 nitrogen and oxygen atoms in total. The number of hydrogen-bond acceptors (Lipinski definition) is 3. The molecule has 148 valence electrons. The lowest BCUT2D eigenvalue weighted by Gasteiger charge is -2.40. The highest BCUT2D eigenvalue weighted by Crippen LogP contribution is 2.37. The molecule has 0 aliphatic heterocycles. The van der Waals surface area contributed by atoms with E-state index in [1.165, 1.54) is 0 Å². The zero-order valence-electron chi connectivity index (χ0n) is 16.6. The van der Waals surface area contributed by atoms with Gasteiger partial charge in [-0.25, -0.2) is 0 Å². The van der Waals surface area contributed by atoms with Gasteiger partial charge < -0.3 is 15.0 Å². The van der Waals surface area contributed by atoms with Gasteiger partial charge in [0.05, 0.1) is 12.0 Å². The van der Waals surface area contributed by atoms with Gasteiger partial charge in [0, 0.05) is 26.3 Å². The van der Waals surface area contributed by atoms with E-state index in [0.29, 0.717) is 6.42 Å². The fraction of sp³-hybridized carbons (Fsp3) is 0.391. The number of nitrogens with zero attached hydrogens (tertiary/aromatic N) is 1. The fourth-order valence-corrected chi connectivity index (χ4v) is 3.62. The Kier molecular flexibility index (Phi) is 6.47. The fourth-order valence-electron chi connectivity index (χ4n) is 3.62. The van der Waals surface area contributed by atoms with E-state index in [9.17, 15) is 9.59 Å². The summed E-state index contributed by atoms with van der Waals surface area (Å²) in [6, 6.07) is 18.6. The Morgan fingerprint density at radius 2 is 1.68 bits per heavy atom. The number of carbonyl (C=O) groups is 2. The van der Waals surface area contributed by atoms with Gasteiger partial charge in [0.2, 0.25) is 11.8 Å². The molecule has 0 bridgehead atoms. The molecule has 0 radical (unpaired) electrons. The maximum atomic E-state index is 13.2. The summed E-state index contributed by atoms with van der Waals surface area (Å²) in [6.07, 6.45) is 3.58. The van der Waals surface area contributed by atoms with Crippen LogP contribution in [0.1, 0.15) is 31.2 Å². The summed E-state index contributed by atoms with van der Waals surface area (Å²) in [5, 5.41) is 2.96. The predicted molar refractivity (Wildman–Crippen MR) is 110 cm³/mol. The smallest absolute Gasteiger partial charge is 0.249 e. The molecule has 2 aromatic rings. The molecule has 0 saturated heterocycles. The normalized spacial score (nSPS) is 15.9. The first kappa shape index (κ1) is 20.1. The van der Waals surface area contributed by atoms with E-state index in [1.807, 2.05) is 60.7 Å². The molecule has 28 heavy (non-hydrogen) atoms. The number of rotatable bonds is 8. The Hall–Kier alpha value is -2.66. The summed E-state index contributed by atoms with van der Waals surface area (Å²) in [5.41, 5.74) is 1.44. The van der Waals surface area contributed by atoms with E-state index in [1.54, 1.807) is 19.1 Å². The van der Waals surface area contributed by atoms with Crippen molar-refractivity contribution in [3.05, 3.63) is 66.2 Å². The molecule has 2 amide bonds. The van der Waals surface area contributed by atoms with Gasteiger partial charge >= 0.3 is 0 Å². The van der Waals surface area contributed by atoms with Gasteiger partial charge in [0.1, 0.15) is 6.04 Å². The number of anilines is 1. The molecule has 0 spiro atoms. The summed E-state index contributed by atoms with van der Waals surface area (Å²) in [5.74, 6) is -0.277. The van der Waals surface area contributed by atoms with Crippen molar-refractivity contribution in [2.75, 3.05) is 19.1 Å². The molecule has 1 N–H and O–H groups in total. The highest BCUT2D eigenvalue weighted by molar-refractivity contribution is 5.99. The van der Waals surface area contributed by atoms with Crippen LogP contribution in [0, 0.1) is 0 Å². The Labute approximate surface area is 166 Å². The third-order valence-electron chi connectivity index (χ3n) is 5.57. The first-order valence-electron chi connectivity index (χ1n) is 9.74. The lowest BCUT2D eigenvalue weighted by molar-refractivity contribution is -0.137. The van der Waals surface area contributed by atoms with E-state index in [4.69, 9.17) is 4.74 Å². The molecule has 1 fully saturated rings. The van der Waals surface area contributed by atoms with Gasteiger partial charge in [-0.15, -0.1) is 0 Å². The van der Waals surface area contributed by atoms with Crippen molar-refractivity contribution in [2.45, 2.75) is 43.7 Å². The third kappa shape index (κ3) is 4.78. The molecule has 0 aromatic heterocycles. The number of likely N-dealkylation sites (N-methyl/N-ethyl adjacent to an activating group) is 1. The first-order chi connectivity index (χ1) is 13.5. The Bertz CT molecular complexity index is 782. The molecule has 1 atom stereocenters. The Morgan fingerprint density at radius 1 is 1.07 bits per heavy atom. The molecule has 3 rings (SSSR count). The molecule has 1 aliphatic rings. The van der Waals surface area contributed by atoms with Crippen LogP contribution in [0.25, 0.3) is 0 Å². The van der Waals surface area contributed by atoms with Crippen LogP contribution < -0.4 is 10.2 Å². The lowest BCUT2D eigenvalue weighted by Crippen LogP contribution is -2.51. The second-order valence-electron chi connectivity index (χ2n) is 7.46. The molecular weight excluding hydrogens is 352 g/mol. The molecule has 1 saturated carbocycles. The topological polar surface area (TPSA) is 58.6 Å². The minimum absolute atomic E-state index is 0.136. The van der Waals surface area contributed by atoms with E-state index in [2.05, 4.69) is 5.32 Å². The van der Waals surface area contributed by atoms with E-state index in [0.717, 1.165) is 30.5 Å². The minimum atomic E-state index is -0.630. The lowest BCUT2D eigenvalue weighted by atomic mass is 9.77. The average Bonchev–Trinajstić information content (AvgIpc) is 2.70. The van der Waals surface area contributed by atoms with Crippen LogP contribution in [-0.4, -0.2) is 37.6 Å². The highest BCUT2D eigenvalue weighted by Gasteiger charge is 2.39. The molecule has 1 aliphatic carbocycles. The predicted octanol–water partition coefficient (Wildman–Crippen LogP) is 3.34. The Morgan fingerprint density at radius 3 is 2.21 bits per heavy atom. The summed E-state index contributed by atoms with van der Waals surface area (Å²) in [7, 11) is 3.40. The number of benzene rings is 2. The number of amides is 2. The van der Waals surface area contributed by atoms with Crippen LogP contribution in [0.5, 0.6) is 0 Å². The summed E-state index contributed by atoms with van der Waals surface area (Å²) < 4.78 is 5.57. The molecule has 5 heteroatoms. The van der Waals surface area contributed by atoms with E-state index in [-0.39, 0.29) is 23.8 Å². The summed E-state index contributed by atoms with van der Waals surface area (Å²) in [4.78, 5) is 27.5. The van der Waals surface area contributed by atoms with E-state index < -0.39 is 6.04 Å². The third-order valence-corrected chi connectivity index (χ3v) is 5.57. The van der Waals surface area contributed by atoms with Gasteiger partial charge in [-0.05, 0) is 37.0 Å². The van der Waals surface area contributed by atoms with Crippen molar-refractivity contribution in [3.63, 3.8) is 0 Å². The van der Waals surface area contributed by atoms with Crippen molar-refractivity contribution < 1.29 is 14.3 Å². The van der Waals surface area contributed by atoms with Crippen LogP contribution in [0.15, 0.2) is 60.7 Å². The summed E-state index contributed by atoms with van der Waals surface area (Å²) >= 11 is 0. The number of methoxy groups -OCH3 is 1. The molecule has 0 heterocycles.